The Balaban J connectivity index is 1.52. The van der Waals surface area contributed by atoms with Crippen LogP contribution in [0.5, 0.6) is 0 Å². The molecule has 0 spiro atoms. The molecule has 22 heavy (non-hydrogen) atoms. The average Bonchev–Trinajstić information content (AvgIpc) is 3.23. The van der Waals surface area contributed by atoms with Crippen LogP contribution in [0.15, 0.2) is 33.2 Å². The van der Waals surface area contributed by atoms with Gasteiger partial charge in [0, 0.05) is 13.1 Å². The first-order valence-electron chi connectivity index (χ1n) is 7.80. The molecule has 0 saturated heterocycles. The highest BCUT2D eigenvalue weighted by atomic mass is 32.1. The second kappa shape index (κ2) is 7.45. The lowest BCUT2D eigenvalue weighted by Gasteiger charge is -2.24. The van der Waals surface area contributed by atoms with Crippen LogP contribution in [0, 0.1) is 0 Å². The highest BCUT2D eigenvalue weighted by Crippen LogP contribution is 2.23. The molecule has 0 aliphatic heterocycles. The highest BCUT2D eigenvalue weighted by Gasteiger charge is 2.14. The van der Waals surface area contributed by atoms with E-state index < -0.39 is 0 Å². The van der Waals surface area contributed by atoms with Crippen LogP contribution in [-0.2, 0) is 6.54 Å². The van der Waals surface area contributed by atoms with E-state index in [0.29, 0.717) is 18.5 Å². The topological polar surface area (TPSA) is 62.5 Å². The van der Waals surface area contributed by atoms with Gasteiger partial charge in [-0.15, -0.1) is 11.3 Å². The molecule has 0 aromatic carbocycles. The molecule has 0 atom stereocenters. The first-order valence-corrected chi connectivity index (χ1v) is 8.68. The van der Waals surface area contributed by atoms with E-state index in [9.17, 15) is 0 Å². The first-order chi connectivity index (χ1) is 10.8. The molecule has 3 rings (SSSR count). The minimum Gasteiger partial charge on any atom is -0.443 e. The Morgan fingerprint density at radius 3 is 3.00 bits per heavy atom. The Kier molecular flexibility index (Phi) is 5.11. The van der Waals surface area contributed by atoms with Crippen molar-refractivity contribution >= 4 is 17.3 Å². The van der Waals surface area contributed by atoms with Crippen molar-refractivity contribution in [3.05, 3.63) is 29.5 Å². The molecule has 1 saturated carbocycles. The van der Waals surface area contributed by atoms with Crippen LogP contribution < -0.4 is 10.6 Å². The van der Waals surface area contributed by atoms with Crippen LogP contribution in [0.3, 0.4) is 0 Å². The number of nitrogens with zero attached hydrogens (tertiary/aromatic N) is 2. The van der Waals surface area contributed by atoms with Gasteiger partial charge in [0.1, 0.15) is 6.26 Å². The van der Waals surface area contributed by atoms with Crippen molar-refractivity contribution in [1.82, 2.24) is 15.6 Å². The predicted molar refractivity (Wildman–Crippen MR) is 90.0 cm³/mol. The smallest absolute Gasteiger partial charge is 0.236 e. The maximum absolute atomic E-state index is 5.52. The van der Waals surface area contributed by atoms with Gasteiger partial charge in [0.15, 0.2) is 5.96 Å². The van der Waals surface area contributed by atoms with Crippen LogP contribution in [-0.4, -0.2) is 24.0 Å². The van der Waals surface area contributed by atoms with Crippen molar-refractivity contribution in [1.29, 1.82) is 0 Å². The zero-order chi connectivity index (χ0) is 15.2. The second-order valence-electron chi connectivity index (χ2n) is 5.53. The van der Waals surface area contributed by atoms with E-state index in [1.807, 2.05) is 17.5 Å². The van der Waals surface area contributed by atoms with Gasteiger partial charge >= 0.3 is 0 Å². The minimum atomic E-state index is 0.541. The number of hydrogen-bond donors (Lipinski definition) is 2. The van der Waals surface area contributed by atoms with Gasteiger partial charge in [0.05, 0.1) is 17.1 Å². The van der Waals surface area contributed by atoms with Crippen LogP contribution in [0.25, 0.3) is 10.8 Å². The van der Waals surface area contributed by atoms with Gasteiger partial charge < -0.3 is 15.1 Å². The van der Waals surface area contributed by atoms with Gasteiger partial charge in [-0.05, 0) is 24.3 Å². The minimum absolute atomic E-state index is 0.541. The van der Waals surface area contributed by atoms with Crippen molar-refractivity contribution < 1.29 is 4.42 Å². The van der Waals surface area contributed by atoms with Crippen molar-refractivity contribution in [2.24, 2.45) is 4.99 Å². The third-order valence-electron chi connectivity index (χ3n) is 3.89. The number of aromatic nitrogens is 1. The fraction of sp³-hybridized carbons (Fsp3) is 0.500. The number of thiophene rings is 1. The number of guanidine groups is 1. The molecule has 0 unspecified atom stereocenters. The van der Waals surface area contributed by atoms with Crippen molar-refractivity contribution in [2.45, 2.75) is 44.7 Å². The molecule has 2 N–H and O–H groups in total. The molecule has 118 valence electrons. The Morgan fingerprint density at radius 1 is 1.41 bits per heavy atom. The summed E-state index contributed by atoms with van der Waals surface area (Å²) in [6, 6.07) is 4.55. The number of nitrogens with one attached hydrogen (secondary N) is 2. The number of aliphatic imine (C=N–C) groups is 1. The van der Waals surface area contributed by atoms with Crippen molar-refractivity contribution in [3.8, 4) is 10.8 Å². The molecule has 2 heterocycles. The number of hydrogen-bond acceptors (Lipinski definition) is 4. The summed E-state index contributed by atoms with van der Waals surface area (Å²) in [5.74, 6) is 1.52. The maximum Gasteiger partial charge on any atom is 0.236 e. The van der Waals surface area contributed by atoms with E-state index in [0.717, 1.165) is 16.5 Å². The molecule has 1 aliphatic rings. The molecule has 1 aliphatic carbocycles. The summed E-state index contributed by atoms with van der Waals surface area (Å²) in [5, 5.41) is 8.83. The summed E-state index contributed by atoms with van der Waals surface area (Å²) in [4.78, 5) is 9.85. The van der Waals surface area contributed by atoms with Crippen LogP contribution >= 0.6 is 11.3 Å². The fourth-order valence-electron chi connectivity index (χ4n) is 2.71. The molecule has 5 nitrogen and oxygen atoms in total. The summed E-state index contributed by atoms with van der Waals surface area (Å²) in [6.45, 7) is 0.612. The van der Waals surface area contributed by atoms with E-state index in [1.165, 1.54) is 32.1 Å². The molecule has 0 bridgehead atoms. The molecule has 0 radical (unpaired) electrons. The fourth-order valence-corrected chi connectivity index (χ4v) is 3.37. The maximum atomic E-state index is 5.52. The molecule has 2 aromatic rings. The summed E-state index contributed by atoms with van der Waals surface area (Å²) < 4.78 is 5.52. The molecule has 1 fully saturated rings. The van der Waals surface area contributed by atoms with Gasteiger partial charge in [-0.2, -0.15) is 0 Å². The van der Waals surface area contributed by atoms with Crippen LogP contribution in [0.4, 0.5) is 0 Å². The van der Waals surface area contributed by atoms with Gasteiger partial charge in [-0.25, -0.2) is 4.98 Å². The zero-order valence-corrected chi connectivity index (χ0v) is 13.7. The number of rotatable bonds is 4. The third kappa shape index (κ3) is 3.88. The van der Waals surface area contributed by atoms with E-state index in [2.05, 4.69) is 20.6 Å². The largest absolute Gasteiger partial charge is 0.443 e. The molecular weight excluding hydrogens is 296 g/mol. The lowest BCUT2D eigenvalue weighted by molar-refractivity contribution is 0.410. The Labute approximate surface area is 134 Å². The van der Waals surface area contributed by atoms with E-state index >= 15 is 0 Å². The Bertz CT molecular complexity index is 599. The lowest BCUT2D eigenvalue weighted by Crippen LogP contribution is -2.43. The molecule has 0 amide bonds. The van der Waals surface area contributed by atoms with Gasteiger partial charge in [0.2, 0.25) is 5.89 Å². The first kappa shape index (κ1) is 15.1. The highest BCUT2D eigenvalue weighted by molar-refractivity contribution is 7.13. The average molecular weight is 318 g/mol. The summed E-state index contributed by atoms with van der Waals surface area (Å²) in [5.41, 5.74) is 0.884. The molecule has 6 heteroatoms. The second-order valence-corrected chi connectivity index (χ2v) is 6.47. The van der Waals surface area contributed by atoms with Gasteiger partial charge in [-0.3, -0.25) is 4.99 Å². The Hall–Kier alpha value is -1.82. The van der Waals surface area contributed by atoms with Crippen LogP contribution in [0.2, 0.25) is 0 Å². The summed E-state index contributed by atoms with van der Waals surface area (Å²) in [6.07, 6.45) is 8.13. The zero-order valence-electron chi connectivity index (χ0n) is 12.8. The van der Waals surface area contributed by atoms with E-state index in [-0.39, 0.29) is 0 Å². The number of oxazole rings is 1. The lowest BCUT2D eigenvalue weighted by atomic mass is 9.96. The van der Waals surface area contributed by atoms with E-state index in [4.69, 9.17) is 4.42 Å². The predicted octanol–water partition coefficient (Wildman–Crippen LogP) is 3.40. The summed E-state index contributed by atoms with van der Waals surface area (Å²) in [7, 11) is 1.80. The third-order valence-corrected chi connectivity index (χ3v) is 4.75. The van der Waals surface area contributed by atoms with Crippen molar-refractivity contribution in [2.75, 3.05) is 7.05 Å². The quantitative estimate of drug-likeness (QED) is 0.670. The van der Waals surface area contributed by atoms with Crippen molar-refractivity contribution in [3.63, 3.8) is 0 Å². The molecular formula is C16H22N4OS. The van der Waals surface area contributed by atoms with Gasteiger partial charge in [-0.1, -0.05) is 25.3 Å². The standard InChI is InChI=1S/C16H22N4OS/c1-17-16(20-12-6-3-2-4-7-12)18-10-13-11-21-15(19-13)14-8-5-9-22-14/h5,8-9,11-12H,2-4,6-7,10H2,1H3,(H2,17,18,20). The van der Waals surface area contributed by atoms with Gasteiger partial charge in [0.25, 0.3) is 0 Å². The SMILES string of the molecule is CN=C(NCc1coc(-c2cccs2)n1)NC1CCCCC1. The normalized spacial score (nSPS) is 16.7. The molecule has 2 aromatic heterocycles. The van der Waals surface area contributed by atoms with E-state index in [1.54, 1.807) is 24.6 Å². The summed E-state index contributed by atoms with van der Waals surface area (Å²) >= 11 is 1.63. The van der Waals surface area contributed by atoms with Crippen LogP contribution in [0.1, 0.15) is 37.8 Å². The Morgan fingerprint density at radius 2 is 2.27 bits per heavy atom. The monoisotopic (exact) mass is 318 g/mol.